The summed E-state index contributed by atoms with van der Waals surface area (Å²) >= 11 is 0. The van der Waals surface area contributed by atoms with Crippen LogP contribution in [0.15, 0.2) is 54.6 Å². The zero-order chi connectivity index (χ0) is 23.9. The molecule has 1 aromatic carbocycles. The summed E-state index contributed by atoms with van der Waals surface area (Å²) in [5.74, 6) is -2.59. The zero-order valence-corrected chi connectivity index (χ0v) is 15.8. The predicted octanol–water partition coefficient (Wildman–Crippen LogP) is 3.10. The predicted molar refractivity (Wildman–Crippen MR) is 109 cm³/mol. The Morgan fingerprint density at radius 3 is 2.68 bits per heavy atom. The van der Waals surface area contributed by atoms with Crippen LogP contribution in [-0.2, 0) is 11.2 Å². The largest absolute Gasteiger partial charge is 0.481 e. The summed E-state index contributed by atoms with van der Waals surface area (Å²) in [5.41, 5.74) is 1.12. The molecule has 0 bridgehead atoms. The molecule has 0 spiro atoms. The number of aryl methyl sites for hydroxylation is 1. The second-order valence-electron chi connectivity index (χ2n) is 7.11. The number of aliphatic hydroxyl groups is 3. The molecule has 0 saturated heterocycles. The SMILES string of the molecule is [2H]C([2H])(C/C=C\C[C@@H]1[C@@H](/C=C/[C@H](O)CCc2ccccc2)[C@H](O)C[C@@H]1O)C([2H])([2H])C(=O)O. The summed E-state index contributed by atoms with van der Waals surface area (Å²) in [7, 11) is 0. The van der Waals surface area contributed by atoms with Gasteiger partial charge in [0.05, 0.1) is 18.3 Å². The molecule has 5 nitrogen and oxygen atoms in total. The minimum absolute atomic E-state index is 0.190. The van der Waals surface area contributed by atoms with Gasteiger partial charge in [-0.3, -0.25) is 4.79 Å². The molecule has 0 aromatic heterocycles. The topological polar surface area (TPSA) is 98.0 Å². The summed E-state index contributed by atoms with van der Waals surface area (Å²) in [6.07, 6.45) is -0.260. The molecule has 154 valence electrons. The first-order valence-electron chi connectivity index (χ1n) is 11.6. The molecule has 5 heteroatoms. The lowest BCUT2D eigenvalue weighted by molar-refractivity contribution is -0.137. The van der Waals surface area contributed by atoms with E-state index in [0.29, 0.717) is 19.3 Å². The van der Waals surface area contributed by atoms with Crippen molar-refractivity contribution in [3.63, 3.8) is 0 Å². The Labute approximate surface area is 172 Å². The van der Waals surface area contributed by atoms with Gasteiger partial charge in [-0.1, -0.05) is 54.6 Å². The second kappa shape index (κ2) is 11.8. The molecule has 5 atom stereocenters. The first-order chi connectivity index (χ1) is 15.0. The molecule has 0 radical (unpaired) electrons. The standard InChI is InChI=1S/C23H32O5/c24-18(13-12-17-8-4-3-5-9-17)14-15-20-19(21(25)16-22(20)26)10-6-1-2-7-11-23(27)28/h1,3-6,8-9,14-15,18-22,24-26H,2,7,10-13,16H2,(H,27,28)/b6-1-,15-14+/t18-,19-,20-,21+,22-/m1/s1/i7D2,11D2. The smallest absolute Gasteiger partial charge is 0.303 e. The number of allylic oxidation sites excluding steroid dienone is 2. The molecule has 0 heterocycles. The van der Waals surface area contributed by atoms with E-state index >= 15 is 0 Å². The average Bonchev–Trinajstić information content (AvgIpc) is 3.00. The van der Waals surface area contributed by atoms with Gasteiger partial charge in [0.25, 0.3) is 0 Å². The van der Waals surface area contributed by atoms with Crippen LogP contribution in [0.2, 0.25) is 0 Å². The van der Waals surface area contributed by atoms with Gasteiger partial charge in [0.2, 0.25) is 0 Å². The molecule has 1 aromatic rings. The Morgan fingerprint density at radius 2 is 1.96 bits per heavy atom. The Hall–Kier alpha value is -1.95. The Bertz CT molecular complexity index is 797. The summed E-state index contributed by atoms with van der Waals surface area (Å²) < 4.78 is 30.2. The fourth-order valence-electron chi connectivity index (χ4n) is 3.54. The molecule has 2 rings (SSSR count). The van der Waals surface area contributed by atoms with Gasteiger partial charge in [0.1, 0.15) is 0 Å². The van der Waals surface area contributed by atoms with Crippen LogP contribution in [0.25, 0.3) is 0 Å². The highest BCUT2D eigenvalue weighted by Crippen LogP contribution is 2.36. The quantitative estimate of drug-likeness (QED) is 0.434. The van der Waals surface area contributed by atoms with E-state index in [2.05, 4.69) is 0 Å². The van der Waals surface area contributed by atoms with Crippen LogP contribution in [0.5, 0.6) is 0 Å². The highest BCUT2D eigenvalue weighted by molar-refractivity contribution is 5.66. The summed E-state index contributed by atoms with van der Waals surface area (Å²) in [6.45, 7) is 0. The van der Waals surface area contributed by atoms with E-state index in [1.54, 1.807) is 18.2 Å². The van der Waals surface area contributed by atoms with Crippen molar-refractivity contribution in [2.45, 2.75) is 63.2 Å². The molecule has 28 heavy (non-hydrogen) atoms. The second-order valence-corrected chi connectivity index (χ2v) is 7.11. The monoisotopic (exact) mass is 392 g/mol. The first-order valence-corrected chi connectivity index (χ1v) is 9.60. The van der Waals surface area contributed by atoms with Crippen LogP contribution >= 0.6 is 0 Å². The summed E-state index contributed by atoms with van der Waals surface area (Å²) in [5, 5.41) is 39.8. The Balaban J connectivity index is 1.93. The lowest BCUT2D eigenvalue weighted by Gasteiger charge is -2.19. The molecule has 0 aliphatic heterocycles. The van der Waals surface area contributed by atoms with E-state index in [1.165, 1.54) is 6.08 Å². The third-order valence-corrected chi connectivity index (χ3v) is 5.03. The van der Waals surface area contributed by atoms with Crippen molar-refractivity contribution >= 4 is 5.97 Å². The molecule has 4 N–H and O–H groups in total. The molecule has 1 saturated carbocycles. The molecular formula is C23H32O5. The van der Waals surface area contributed by atoms with Crippen molar-refractivity contribution in [1.29, 1.82) is 0 Å². The highest BCUT2D eigenvalue weighted by Gasteiger charge is 2.39. The van der Waals surface area contributed by atoms with Gasteiger partial charge < -0.3 is 20.4 Å². The number of carboxylic acids is 1. The fourth-order valence-corrected chi connectivity index (χ4v) is 3.54. The number of aliphatic hydroxyl groups excluding tert-OH is 3. The van der Waals surface area contributed by atoms with Crippen LogP contribution in [0, 0.1) is 11.8 Å². The van der Waals surface area contributed by atoms with Crippen molar-refractivity contribution in [3.05, 3.63) is 60.2 Å². The number of carboxylic acid groups (broad SMARTS) is 1. The minimum atomic E-state index is -3.03. The third-order valence-electron chi connectivity index (χ3n) is 5.03. The van der Waals surface area contributed by atoms with E-state index in [-0.39, 0.29) is 18.3 Å². The highest BCUT2D eigenvalue weighted by atomic mass is 16.4. The number of rotatable bonds is 11. The van der Waals surface area contributed by atoms with Gasteiger partial charge in [-0.25, -0.2) is 0 Å². The van der Waals surface area contributed by atoms with Crippen LogP contribution in [0.1, 0.15) is 49.5 Å². The normalized spacial score (nSPS) is 29.4. The van der Waals surface area contributed by atoms with Gasteiger partial charge in [-0.2, -0.15) is 0 Å². The average molecular weight is 393 g/mol. The van der Waals surface area contributed by atoms with Crippen molar-refractivity contribution in [2.75, 3.05) is 0 Å². The van der Waals surface area contributed by atoms with Crippen molar-refractivity contribution in [2.24, 2.45) is 11.8 Å². The van der Waals surface area contributed by atoms with Gasteiger partial charge in [0.15, 0.2) is 0 Å². The lowest BCUT2D eigenvalue weighted by Crippen LogP contribution is -2.20. The maximum Gasteiger partial charge on any atom is 0.303 e. The molecular weight excluding hydrogens is 356 g/mol. The maximum atomic E-state index is 11.0. The summed E-state index contributed by atoms with van der Waals surface area (Å²) in [6, 6.07) is 9.78. The van der Waals surface area contributed by atoms with Crippen LogP contribution in [0.4, 0.5) is 0 Å². The molecule has 1 aliphatic carbocycles. The first kappa shape index (κ1) is 17.0. The van der Waals surface area contributed by atoms with Gasteiger partial charge in [-0.15, -0.1) is 0 Å². The van der Waals surface area contributed by atoms with Crippen molar-refractivity contribution in [3.8, 4) is 0 Å². The van der Waals surface area contributed by atoms with E-state index in [4.69, 9.17) is 10.6 Å². The number of carbonyl (C=O) groups is 1. The van der Waals surface area contributed by atoms with Gasteiger partial charge in [-0.05, 0) is 43.5 Å². The fraction of sp³-hybridized carbons (Fsp3) is 0.522. The van der Waals surface area contributed by atoms with E-state index in [1.807, 2.05) is 30.3 Å². The molecule has 1 aliphatic rings. The number of aliphatic carboxylic acids is 1. The maximum absolute atomic E-state index is 11.0. The number of hydrogen-bond donors (Lipinski definition) is 4. The summed E-state index contributed by atoms with van der Waals surface area (Å²) in [4.78, 5) is 11.0. The Morgan fingerprint density at radius 1 is 1.21 bits per heavy atom. The third kappa shape index (κ3) is 7.58. The zero-order valence-electron chi connectivity index (χ0n) is 19.8. The molecule has 0 unspecified atom stereocenters. The number of benzene rings is 1. The van der Waals surface area contributed by atoms with Crippen molar-refractivity contribution in [1.82, 2.24) is 0 Å². The van der Waals surface area contributed by atoms with E-state index in [0.717, 1.165) is 5.56 Å². The van der Waals surface area contributed by atoms with E-state index < -0.39 is 43.4 Å². The minimum Gasteiger partial charge on any atom is -0.481 e. The van der Waals surface area contributed by atoms with Crippen molar-refractivity contribution < 1.29 is 30.7 Å². The van der Waals surface area contributed by atoms with Crippen LogP contribution in [0.3, 0.4) is 0 Å². The van der Waals surface area contributed by atoms with Crippen LogP contribution in [-0.4, -0.2) is 44.7 Å². The van der Waals surface area contributed by atoms with Crippen LogP contribution < -0.4 is 0 Å². The van der Waals surface area contributed by atoms with Gasteiger partial charge in [0, 0.05) is 24.2 Å². The molecule has 1 fully saturated rings. The molecule has 0 amide bonds. The lowest BCUT2D eigenvalue weighted by atomic mass is 9.89. The van der Waals surface area contributed by atoms with E-state index in [9.17, 15) is 20.1 Å². The Kier molecular flexibility index (Phi) is 7.14. The number of hydrogen-bond acceptors (Lipinski definition) is 4. The van der Waals surface area contributed by atoms with Gasteiger partial charge >= 0.3 is 5.97 Å².